The van der Waals surface area contributed by atoms with Crippen molar-refractivity contribution >= 4 is 25.0 Å². The fourth-order valence-electron chi connectivity index (χ4n) is 4.25. The van der Waals surface area contributed by atoms with E-state index in [0.717, 1.165) is 38.7 Å². The Kier molecular flexibility index (Phi) is 17.9. The van der Waals surface area contributed by atoms with E-state index in [4.69, 9.17) is 18.0 Å². The third kappa shape index (κ3) is 16.7. The molecule has 47 heavy (non-hydrogen) atoms. The number of hydrogen-bond donors (Lipinski definition) is 1. The normalized spacial score (nSPS) is 15.6. The number of aliphatic hydroxyl groups excluding tert-OH is 1. The summed E-state index contributed by atoms with van der Waals surface area (Å²) in [5.41, 5.74) is 1.20. The van der Waals surface area contributed by atoms with Crippen LogP contribution in [0.5, 0.6) is 0 Å². The van der Waals surface area contributed by atoms with Gasteiger partial charge in [0.05, 0.1) is 25.4 Å². The predicted octanol–water partition coefficient (Wildman–Crippen LogP) is 11.1. The van der Waals surface area contributed by atoms with Crippen molar-refractivity contribution in [3.63, 3.8) is 0 Å². The average Bonchev–Trinajstić information content (AvgIpc) is 2.91. The summed E-state index contributed by atoms with van der Waals surface area (Å²) in [6, 6.07) is 10.3. The topological polar surface area (TPSA) is 57.2 Å². The van der Waals surface area contributed by atoms with Crippen LogP contribution in [0.3, 0.4) is 0 Å². The van der Waals surface area contributed by atoms with Gasteiger partial charge in [-0.25, -0.2) is 0 Å². The number of rotatable bonds is 19. The van der Waals surface area contributed by atoms with E-state index in [0.29, 0.717) is 26.1 Å². The van der Waals surface area contributed by atoms with Gasteiger partial charge in [0.25, 0.3) is 0 Å². The zero-order valence-corrected chi connectivity index (χ0v) is 36.3. The Bertz CT molecular complexity index is 1070. The van der Waals surface area contributed by atoms with E-state index in [1.165, 1.54) is 5.56 Å². The molecule has 5 nitrogen and oxygen atoms in total. The minimum Gasteiger partial charge on any atom is -0.414 e. The molecule has 1 N–H and O–H groups in total. The van der Waals surface area contributed by atoms with Gasteiger partial charge in [0, 0.05) is 13.0 Å². The maximum Gasteiger partial charge on any atom is 0.193 e. The molecule has 272 valence electrons. The molecule has 0 amide bonds. The first kappa shape index (κ1) is 44.3. The Morgan fingerprint density at radius 1 is 0.681 bits per heavy atom. The van der Waals surface area contributed by atoms with Crippen LogP contribution in [-0.4, -0.2) is 61.6 Å². The molecular weight excluding hydrogens is 633 g/mol. The lowest BCUT2D eigenvalue weighted by atomic mass is 10.1. The molecule has 1 aromatic carbocycles. The maximum absolute atomic E-state index is 10.9. The molecule has 0 saturated heterocycles. The van der Waals surface area contributed by atoms with Gasteiger partial charge in [-0.2, -0.15) is 0 Å². The highest BCUT2D eigenvalue weighted by atomic mass is 28.4. The second-order valence-corrected chi connectivity index (χ2v) is 32.4. The molecule has 0 fully saturated rings. The lowest BCUT2D eigenvalue weighted by molar-refractivity contribution is 0.0918. The van der Waals surface area contributed by atoms with E-state index in [-0.39, 0.29) is 27.3 Å². The Hall–Kier alpha value is -0.769. The number of ether oxygens (including phenoxy) is 1. The molecule has 0 heterocycles. The van der Waals surface area contributed by atoms with Gasteiger partial charge in [-0.3, -0.25) is 0 Å². The number of aliphatic hydroxyl groups is 1. The second-order valence-electron chi connectivity index (χ2n) is 18.1. The van der Waals surface area contributed by atoms with Gasteiger partial charge in [0.2, 0.25) is 0 Å². The first-order valence-corrected chi connectivity index (χ1v) is 26.9. The molecule has 0 aliphatic carbocycles. The Morgan fingerprint density at radius 3 is 1.79 bits per heavy atom. The fraction of sp³-hybridized carbons (Fsp3) is 0.795. The summed E-state index contributed by atoms with van der Waals surface area (Å²) in [5.74, 6) is 6.73. The Labute approximate surface area is 294 Å². The van der Waals surface area contributed by atoms with Crippen LogP contribution >= 0.6 is 0 Å². The van der Waals surface area contributed by atoms with Crippen LogP contribution in [0.15, 0.2) is 30.3 Å². The highest BCUT2D eigenvalue weighted by molar-refractivity contribution is 6.75. The smallest absolute Gasteiger partial charge is 0.193 e. The van der Waals surface area contributed by atoms with E-state index < -0.39 is 31.1 Å². The van der Waals surface area contributed by atoms with Crippen molar-refractivity contribution in [2.75, 3.05) is 13.2 Å². The quantitative estimate of drug-likeness (QED) is 0.0881. The fourth-order valence-corrected chi connectivity index (χ4v) is 7.90. The van der Waals surface area contributed by atoms with Gasteiger partial charge in [0.1, 0.15) is 6.10 Å². The van der Waals surface area contributed by atoms with E-state index in [2.05, 4.69) is 126 Å². The summed E-state index contributed by atoms with van der Waals surface area (Å²) in [6.07, 6.45) is 5.26. The summed E-state index contributed by atoms with van der Waals surface area (Å²) in [5, 5.41) is 11.3. The van der Waals surface area contributed by atoms with Crippen molar-refractivity contribution in [2.24, 2.45) is 0 Å². The molecule has 0 radical (unpaired) electrons. The molecule has 1 rings (SSSR count). The molecule has 0 spiro atoms. The largest absolute Gasteiger partial charge is 0.414 e. The third-order valence-electron chi connectivity index (χ3n) is 10.7. The van der Waals surface area contributed by atoms with Crippen molar-refractivity contribution in [2.45, 2.75) is 187 Å². The van der Waals surface area contributed by atoms with Crippen LogP contribution < -0.4 is 0 Å². The highest BCUT2D eigenvalue weighted by Crippen LogP contribution is 2.40. The number of benzene rings is 1. The van der Waals surface area contributed by atoms with Gasteiger partial charge in [0.15, 0.2) is 25.0 Å². The van der Waals surface area contributed by atoms with Gasteiger partial charge in [-0.05, 0) is 98.5 Å². The number of unbranched alkanes of at least 4 members (excludes halogenated alkanes) is 1. The summed E-state index contributed by atoms with van der Waals surface area (Å²) in [7, 11) is -5.82. The second kappa shape index (κ2) is 19.0. The van der Waals surface area contributed by atoms with Crippen LogP contribution in [0.2, 0.25) is 54.4 Å². The molecule has 8 heteroatoms. The summed E-state index contributed by atoms with van der Waals surface area (Å²) in [4.78, 5) is 0. The summed E-state index contributed by atoms with van der Waals surface area (Å²) >= 11 is 0. The average molecular weight is 707 g/mol. The summed E-state index contributed by atoms with van der Waals surface area (Å²) < 4.78 is 26.1. The molecule has 1 unspecified atom stereocenters. The van der Waals surface area contributed by atoms with Crippen molar-refractivity contribution in [3.05, 3.63) is 35.9 Å². The molecule has 0 saturated carbocycles. The van der Waals surface area contributed by atoms with Crippen LogP contribution in [0.1, 0.15) is 113 Å². The minimum atomic E-state index is -1.98. The van der Waals surface area contributed by atoms with Crippen LogP contribution in [0, 0.1) is 11.8 Å². The third-order valence-corrected chi connectivity index (χ3v) is 24.2. The lowest BCUT2D eigenvalue weighted by Crippen LogP contribution is -2.47. The Morgan fingerprint density at radius 2 is 1.23 bits per heavy atom. The van der Waals surface area contributed by atoms with E-state index in [1.807, 2.05) is 18.2 Å². The minimum absolute atomic E-state index is 0.0438. The van der Waals surface area contributed by atoms with E-state index >= 15 is 0 Å². The van der Waals surface area contributed by atoms with Crippen molar-refractivity contribution in [1.29, 1.82) is 0 Å². The first-order chi connectivity index (χ1) is 21.4. The molecule has 1 aromatic rings. The van der Waals surface area contributed by atoms with Crippen molar-refractivity contribution in [3.8, 4) is 11.8 Å². The maximum atomic E-state index is 10.9. The molecule has 0 aromatic heterocycles. The first-order valence-electron chi connectivity index (χ1n) is 18.2. The van der Waals surface area contributed by atoms with Crippen molar-refractivity contribution in [1.82, 2.24) is 0 Å². The molecule has 0 aliphatic heterocycles. The Balaban J connectivity index is 2.76. The van der Waals surface area contributed by atoms with Gasteiger partial charge < -0.3 is 23.1 Å². The zero-order valence-electron chi connectivity index (χ0n) is 33.3. The van der Waals surface area contributed by atoms with E-state index in [1.54, 1.807) is 0 Å². The molecule has 0 aliphatic rings. The van der Waals surface area contributed by atoms with Gasteiger partial charge in [-0.15, -0.1) is 0 Å². The van der Waals surface area contributed by atoms with Crippen molar-refractivity contribution < 1.29 is 23.1 Å². The number of hydrogen-bond acceptors (Lipinski definition) is 5. The summed E-state index contributed by atoms with van der Waals surface area (Å²) in [6.45, 7) is 36.3. The zero-order chi connectivity index (χ0) is 36.2. The van der Waals surface area contributed by atoms with Gasteiger partial charge >= 0.3 is 0 Å². The molecule has 3 atom stereocenters. The molecular formula is C39H74O5Si3. The SMILES string of the molecule is CC(C)(C)[Si](C)(C)OC[C@H](CCCC(O)CC#C[C@@H](CCCCOCc1ccccc1)O[Si](C)(C)C(C)(C)C)O[Si](C)(C)C(C)(C)C. The monoisotopic (exact) mass is 706 g/mol. The van der Waals surface area contributed by atoms with Gasteiger partial charge in [-0.1, -0.05) is 104 Å². The molecule has 0 bridgehead atoms. The van der Waals surface area contributed by atoms with Crippen LogP contribution in [0.4, 0.5) is 0 Å². The highest BCUT2D eigenvalue weighted by Gasteiger charge is 2.41. The van der Waals surface area contributed by atoms with Crippen LogP contribution in [-0.2, 0) is 24.6 Å². The standard InChI is InChI=1S/C39H74O5Si3/c1-37(2,3)45(10,11)42-32-36(44-47(14,15)39(7,8)9)29-22-26-34(40)25-21-28-35(43-46(12,13)38(4,5)6)27-19-20-30-41-31-33-23-17-16-18-24-33/h16-18,23-24,34-36,40H,19-20,22,25-27,29-32H2,1-15H3/t34?,35-,36+/m1/s1. The predicted molar refractivity (Wildman–Crippen MR) is 209 cm³/mol. The lowest BCUT2D eigenvalue weighted by Gasteiger charge is -2.41. The van der Waals surface area contributed by atoms with E-state index in [9.17, 15) is 5.11 Å². The van der Waals surface area contributed by atoms with Crippen LogP contribution in [0.25, 0.3) is 0 Å².